The minimum absolute atomic E-state index is 0.0602. The molecule has 0 aliphatic carbocycles. The smallest absolute Gasteiger partial charge is 0.100 e. The van der Waals surface area contributed by atoms with Gasteiger partial charge in [0.1, 0.15) is 5.01 Å². The van der Waals surface area contributed by atoms with Gasteiger partial charge in [-0.25, -0.2) is 4.98 Å². The Balaban J connectivity index is 2.33. The summed E-state index contributed by atoms with van der Waals surface area (Å²) >= 11 is 7.52. The summed E-state index contributed by atoms with van der Waals surface area (Å²) in [4.78, 5) is 4.65. The van der Waals surface area contributed by atoms with E-state index in [1.165, 1.54) is 0 Å². The van der Waals surface area contributed by atoms with Crippen LogP contribution in [0.1, 0.15) is 18.9 Å². The van der Waals surface area contributed by atoms with E-state index in [1.54, 1.807) is 11.3 Å². The lowest BCUT2D eigenvalue weighted by Gasteiger charge is -2.18. The lowest BCUT2D eigenvalue weighted by atomic mass is 9.95. The molecule has 0 saturated carbocycles. The first-order valence-electron chi connectivity index (χ1n) is 5.45. The Morgan fingerprint density at radius 2 is 1.94 bits per heavy atom. The second-order valence-corrected chi connectivity index (χ2v) is 5.93. The summed E-state index contributed by atoms with van der Waals surface area (Å²) in [5, 5.41) is 3.88. The highest BCUT2D eigenvalue weighted by Crippen LogP contribution is 2.30. The molecule has 1 aromatic heterocycles. The SMILES string of the molecule is CC(C)(CN)c1nc(-c2ccc(Cl)cc2)cs1. The van der Waals surface area contributed by atoms with Crippen molar-refractivity contribution >= 4 is 22.9 Å². The summed E-state index contributed by atoms with van der Waals surface area (Å²) in [7, 11) is 0. The number of hydrogen-bond acceptors (Lipinski definition) is 3. The van der Waals surface area contributed by atoms with E-state index in [1.807, 2.05) is 24.3 Å². The first kappa shape index (κ1) is 12.6. The van der Waals surface area contributed by atoms with E-state index in [2.05, 4.69) is 24.2 Å². The van der Waals surface area contributed by atoms with Crippen LogP contribution in [0.3, 0.4) is 0 Å². The summed E-state index contributed by atoms with van der Waals surface area (Å²) in [5.41, 5.74) is 7.77. The molecule has 17 heavy (non-hydrogen) atoms. The number of nitrogens with zero attached hydrogens (tertiary/aromatic N) is 1. The maximum Gasteiger partial charge on any atom is 0.100 e. The third kappa shape index (κ3) is 2.68. The number of benzene rings is 1. The maximum atomic E-state index is 5.87. The molecule has 0 radical (unpaired) electrons. The van der Waals surface area contributed by atoms with Gasteiger partial charge in [-0.05, 0) is 12.1 Å². The van der Waals surface area contributed by atoms with Crippen molar-refractivity contribution < 1.29 is 0 Å². The molecule has 90 valence electrons. The predicted octanol–water partition coefficient (Wildman–Crippen LogP) is 3.70. The van der Waals surface area contributed by atoms with Crippen LogP contribution in [0, 0.1) is 0 Å². The second kappa shape index (κ2) is 4.77. The van der Waals surface area contributed by atoms with Gasteiger partial charge in [0, 0.05) is 27.9 Å². The second-order valence-electron chi connectivity index (χ2n) is 4.63. The molecule has 0 aliphatic heterocycles. The Labute approximate surface area is 110 Å². The monoisotopic (exact) mass is 266 g/mol. The van der Waals surface area contributed by atoms with Gasteiger partial charge in [0.05, 0.1) is 5.69 Å². The molecule has 1 aromatic carbocycles. The van der Waals surface area contributed by atoms with E-state index >= 15 is 0 Å². The molecule has 2 aromatic rings. The van der Waals surface area contributed by atoms with E-state index < -0.39 is 0 Å². The molecule has 2 nitrogen and oxygen atoms in total. The normalized spacial score (nSPS) is 11.8. The van der Waals surface area contributed by atoms with Gasteiger partial charge in [0.25, 0.3) is 0 Å². The summed E-state index contributed by atoms with van der Waals surface area (Å²) < 4.78 is 0. The van der Waals surface area contributed by atoms with Crippen LogP contribution in [0.4, 0.5) is 0 Å². The average Bonchev–Trinajstić information content (AvgIpc) is 2.80. The van der Waals surface area contributed by atoms with Crippen molar-refractivity contribution in [1.29, 1.82) is 0 Å². The van der Waals surface area contributed by atoms with Gasteiger partial charge in [-0.15, -0.1) is 11.3 Å². The molecule has 0 saturated heterocycles. The zero-order valence-corrected chi connectivity index (χ0v) is 11.5. The van der Waals surface area contributed by atoms with E-state index in [9.17, 15) is 0 Å². The zero-order chi connectivity index (χ0) is 12.5. The van der Waals surface area contributed by atoms with Gasteiger partial charge in [0.15, 0.2) is 0 Å². The van der Waals surface area contributed by atoms with Crippen LogP contribution in [0.25, 0.3) is 11.3 Å². The van der Waals surface area contributed by atoms with Crippen LogP contribution < -0.4 is 5.73 Å². The molecule has 1 heterocycles. The lowest BCUT2D eigenvalue weighted by molar-refractivity contribution is 0.536. The standard InChI is InChI=1S/C13H15ClN2S/c1-13(2,8-15)12-16-11(7-17-12)9-3-5-10(14)6-4-9/h3-7H,8,15H2,1-2H3. The third-order valence-electron chi connectivity index (χ3n) is 2.73. The van der Waals surface area contributed by atoms with Crippen molar-refractivity contribution in [1.82, 2.24) is 4.98 Å². The van der Waals surface area contributed by atoms with Gasteiger partial charge in [-0.1, -0.05) is 37.6 Å². The summed E-state index contributed by atoms with van der Waals surface area (Å²) in [6.45, 7) is 4.82. The minimum Gasteiger partial charge on any atom is -0.330 e. The lowest BCUT2D eigenvalue weighted by Crippen LogP contribution is -2.27. The number of aromatic nitrogens is 1. The summed E-state index contributed by atoms with van der Waals surface area (Å²) in [5.74, 6) is 0. The van der Waals surface area contributed by atoms with Crippen molar-refractivity contribution in [3.05, 3.63) is 39.7 Å². The maximum absolute atomic E-state index is 5.87. The van der Waals surface area contributed by atoms with Crippen molar-refractivity contribution in [2.45, 2.75) is 19.3 Å². The minimum atomic E-state index is -0.0602. The highest BCUT2D eigenvalue weighted by atomic mass is 35.5. The van der Waals surface area contributed by atoms with Gasteiger partial charge >= 0.3 is 0 Å². The molecule has 4 heteroatoms. The van der Waals surface area contributed by atoms with E-state index in [4.69, 9.17) is 17.3 Å². The largest absolute Gasteiger partial charge is 0.330 e. The molecule has 2 rings (SSSR count). The Hall–Kier alpha value is -0.900. The van der Waals surface area contributed by atoms with Gasteiger partial charge in [-0.3, -0.25) is 0 Å². The fraction of sp³-hybridized carbons (Fsp3) is 0.308. The highest BCUT2D eigenvalue weighted by Gasteiger charge is 2.22. The Kier molecular flexibility index (Phi) is 3.52. The van der Waals surface area contributed by atoms with Crippen LogP contribution in [0.5, 0.6) is 0 Å². The van der Waals surface area contributed by atoms with Crippen molar-refractivity contribution in [3.8, 4) is 11.3 Å². The average molecular weight is 267 g/mol. The Bertz CT molecular complexity index is 502. The van der Waals surface area contributed by atoms with Gasteiger partial charge in [-0.2, -0.15) is 0 Å². The fourth-order valence-electron chi connectivity index (χ4n) is 1.43. The van der Waals surface area contributed by atoms with Gasteiger partial charge in [0.2, 0.25) is 0 Å². The molecule has 0 aliphatic rings. The number of thiazole rings is 1. The third-order valence-corrected chi connectivity index (χ3v) is 4.19. The predicted molar refractivity (Wildman–Crippen MR) is 74.6 cm³/mol. The fourth-order valence-corrected chi connectivity index (χ4v) is 2.52. The Morgan fingerprint density at radius 1 is 1.29 bits per heavy atom. The summed E-state index contributed by atoms with van der Waals surface area (Å²) in [6.07, 6.45) is 0. The van der Waals surface area contributed by atoms with Crippen LogP contribution in [-0.2, 0) is 5.41 Å². The zero-order valence-electron chi connectivity index (χ0n) is 9.90. The van der Waals surface area contributed by atoms with Crippen LogP contribution in [0.2, 0.25) is 5.02 Å². The van der Waals surface area contributed by atoms with E-state index in [0.717, 1.165) is 21.3 Å². The molecule has 0 amide bonds. The highest BCUT2D eigenvalue weighted by molar-refractivity contribution is 7.10. The van der Waals surface area contributed by atoms with Crippen molar-refractivity contribution in [2.24, 2.45) is 5.73 Å². The van der Waals surface area contributed by atoms with Crippen LogP contribution in [-0.4, -0.2) is 11.5 Å². The number of rotatable bonds is 3. The topological polar surface area (TPSA) is 38.9 Å². The summed E-state index contributed by atoms with van der Waals surface area (Å²) in [6, 6.07) is 7.72. The molecule has 0 unspecified atom stereocenters. The van der Waals surface area contributed by atoms with Crippen molar-refractivity contribution in [2.75, 3.05) is 6.54 Å². The molecular weight excluding hydrogens is 252 g/mol. The van der Waals surface area contributed by atoms with E-state index in [-0.39, 0.29) is 5.41 Å². The first-order valence-corrected chi connectivity index (χ1v) is 6.71. The first-order chi connectivity index (χ1) is 8.03. The molecule has 0 fully saturated rings. The van der Waals surface area contributed by atoms with Crippen molar-refractivity contribution in [3.63, 3.8) is 0 Å². The quantitative estimate of drug-likeness (QED) is 0.920. The van der Waals surface area contributed by atoms with Crippen LogP contribution >= 0.6 is 22.9 Å². The molecule has 2 N–H and O–H groups in total. The number of nitrogens with two attached hydrogens (primary N) is 1. The number of hydrogen-bond donors (Lipinski definition) is 1. The molecule has 0 bridgehead atoms. The van der Waals surface area contributed by atoms with Gasteiger partial charge < -0.3 is 5.73 Å². The molecule has 0 spiro atoms. The molecule has 0 atom stereocenters. The van der Waals surface area contributed by atoms with E-state index in [0.29, 0.717) is 6.54 Å². The molecular formula is C13H15ClN2S. The Morgan fingerprint density at radius 3 is 2.53 bits per heavy atom. The number of halogens is 1. The van der Waals surface area contributed by atoms with Crippen LogP contribution in [0.15, 0.2) is 29.6 Å².